The summed E-state index contributed by atoms with van der Waals surface area (Å²) in [5, 5.41) is 0. The molecule has 2 aliphatic heterocycles. The minimum atomic E-state index is -0.792. The minimum absolute atomic E-state index is 0.0491. The summed E-state index contributed by atoms with van der Waals surface area (Å²) >= 11 is 0. The number of ether oxygens (including phenoxy) is 1. The molecule has 3 unspecified atom stereocenters. The second-order valence-corrected chi connectivity index (χ2v) is 6.89. The van der Waals surface area contributed by atoms with Gasteiger partial charge in [-0.15, -0.1) is 0 Å². The Morgan fingerprint density at radius 3 is 2.62 bits per heavy atom. The van der Waals surface area contributed by atoms with Crippen molar-refractivity contribution in [1.82, 2.24) is 9.80 Å². The zero-order valence-corrected chi connectivity index (χ0v) is 14.2. The van der Waals surface area contributed by atoms with Gasteiger partial charge in [-0.05, 0) is 38.8 Å². The molecule has 4 nitrogen and oxygen atoms in total. The molecule has 0 radical (unpaired) electrons. The van der Waals surface area contributed by atoms with Crippen molar-refractivity contribution in [3.05, 3.63) is 35.4 Å². The van der Waals surface area contributed by atoms with Gasteiger partial charge >= 0.3 is 0 Å². The van der Waals surface area contributed by atoms with E-state index in [0.717, 1.165) is 44.6 Å². The first kappa shape index (κ1) is 17.3. The molecule has 0 aliphatic carbocycles. The highest BCUT2D eigenvalue weighted by molar-refractivity contribution is 5.94. The van der Waals surface area contributed by atoms with Gasteiger partial charge in [-0.2, -0.15) is 0 Å². The fraction of sp³-hybridized carbons (Fsp3) is 0.611. The van der Waals surface area contributed by atoms with Crippen LogP contribution in [0.1, 0.15) is 37.0 Å². The van der Waals surface area contributed by atoms with Crippen molar-refractivity contribution < 1.29 is 18.3 Å². The second-order valence-electron chi connectivity index (χ2n) is 6.89. The Morgan fingerprint density at radius 1 is 1.25 bits per heavy atom. The van der Waals surface area contributed by atoms with Crippen LogP contribution in [0.25, 0.3) is 0 Å². The van der Waals surface area contributed by atoms with E-state index < -0.39 is 11.6 Å². The van der Waals surface area contributed by atoms with Gasteiger partial charge in [0.05, 0.1) is 17.8 Å². The summed E-state index contributed by atoms with van der Waals surface area (Å²) in [5.74, 6) is -1.80. The van der Waals surface area contributed by atoms with E-state index in [-0.39, 0.29) is 29.7 Å². The number of nitrogens with zero attached hydrogens (tertiary/aromatic N) is 2. The van der Waals surface area contributed by atoms with E-state index in [1.54, 1.807) is 4.90 Å². The Labute approximate surface area is 141 Å². The molecule has 0 N–H and O–H groups in total. The largest absolute Gasteiger partial charge is 0.373 e. The van der Waals surface area contributed by atoms with Crippen LogP contribution in [0.3, 0.4) is 0 Å². The quantitative estimate of drug-likeness (QED) is 0.849. The van der Waals surface area contributed by atoms with Gasteiger partial charge in [-0.25, -0.2) is 8.78 Å². The number of amides is 1. The van der Waals surface area contributed by atoms with Gasteiger partial charge in [0.15, 0.2) is 0 Å². The molecule has 0 spiro atoms. The zero-order valence-electron chi connectivity index (χ0n) is 14.2. The summed E-state index contributed by atoms with van der Waals surface area (Å²) in [6.07, 6.45) is 2.17. The number of hydrogen-bond donors (Lipinski definition) is 0. The molecule has 0 aromatic heterocycles. The fourth-order valence-corrected chi connectivity index (χ4v) is 3.84. The van der Waals surface area contributed by atoms with Crippen molar-refractivity contribution in [2.45, 2.75) is 44.9 Å². The Morgan fingerprint density at radius 2 is 1.96 bits per heavy atom. The summed E-state index contributed by atoms with van der Waals surface area (Å²) in [5.41, 5.74) is -0.0491. The van der Waals surface area contributed by atoms with Gasteiger partial charge in [0.25, 0.3) is 5.91 Å². The highest BCUT2D eigenvalue weighted by atomic mass is 19.1. The molecule has 1 amide bonds. The van der Waals surface area contributed by atoms with Crippen molar-refractivity contribution in [3.8, 4) is 0 Å². The first-order valence-electron chi connectivity index (χ1n) is 8.58. The number of halogens is 2. The third-order valence-electron chi connectivity index (χ3n) is 4.76. The van der Waals surface area contributed by atoms with E-state index in [0.29, 0.717) is 6.54 Å². The van der Waals surface area contributed by atoms with Gasteiger partial charge in [0.2, 0.25) is 0 Å². The standard InChI is InChI=1S/C18H24F2N2O2/c1-12-9-21(10-13(2)24-12)11-15-4-3-7-22(15)18(23)16-6-5-14(19)8-17(16)20/h5-6,8,12-13,15H,3-4,7,9-11H2,1-2H3. The van der Waals surface area contributed by atoms with Crippen LogP contribution in [0.4, 0.5) is 8.78 Å². The highest BCUT2D eigenvalue weighted by Gasteiger charge is 2.33. The Bertz CT molecular complexity index is 601. The number of carbonyl (C=O) groups is 1. The van der Waals surface area contributed by atoms with Crippen molar-refractivity contribution in [2.75, 3.05) is 26.2 Å². The monoisotopic (exact) mass is 338 g/mol. The molecule has 1 aromatic rings. The van der Waals surface area contributed by atoms with Gasteiger partial charge in [-0.1, -0.05) is 0 Å². The third kappa shape index (κ3) is 3.75. The lowest BCUT2D eigenvalue weighted by Gasteiger charge is -2.38. The molecule has 24 heavy (non-hydrogen) atoms. The van der Waals surface area contributed by atoms with Gasteiger partial charge in [0, 0.05) is 38.3 Å². The molecule has 3 atom stereocenters. The molecular formula is C18H24F2N2O2. The van der Waals surface area contributed by atoms with Crippen LogP contribution < -0.4 is 0 Å². The van der Waals surface area contributed by atoms with E-state index in [2.05, 4.69) is 4.90 Å². The predicted molar refractivity (Wildman–Crippen MR) is 86.9 cm³/mol. The average Bonchev–Trinajstić information content (AvgIpc) is 2.93. The maximum atomic E-state index is 13.9. The van der Waals surface area contributed by atoms with Gasteiger partial charge < -0.3 is 9.64 Å². The lowest BCUT2D eigenvalue weighted by atomic mass is 10.1. The van der Waals surface area contributed by atoms with Crippen LogP contribution >= 0.6 is 0 Å². The van der Waals surface area contributed by atoms with Crippen LogP contribution in [0, 0.1) is 11.6 Å². The Hall–Kier alpha value is -1.53. The number of likely N-dealkylation sites (tertiary alicyclic amines) is 1. The first-order chi connectivity index (χ1) is 11.4. The summed E-state index contributed by atoms with van der Waals surface area (Å²) in [4.78, 5) is 16.7. The molecule has 132 valence electrons. The molecule has 2 heterocycles. The fourth-order valence-electron chi connectivity index (χ4n) is 3.84. The van der Waals surface area contributed by atoms with Crippen molar-refractivity contribution in [2.24, 2.45) is 0 Å². The average molecular weight is 338 g/mol. The number of morpholine rings is 1. The summed E-state index contributed by atoms with van der Waals surface area (Å²) < 4.78 is 32.7. The summed E-state index contributed by atoms with van der Waals surface area (Å²) in [6.45, 7) is 7.17. The molecule has 1 aromatic carbocycles. The molecule has 3 rings (SSSR count). The van der Waals surface area contributed by atoms with Crippen LogP contribution in [0.5, 0.6) is 0 Å². The SMILES string of the molecule is CC1CN(CC2CCCN2C(=O)c2ccc(F)cc2F)CC(C)O1. The van der Waals surface area contributed by atoms with Crippen LogP contribution in [-0.4, -0.2) is 60.1 Å². The van der Waals surface area contributed by atoms with Crippen LogP contribution in [0.15, 0.2) is 18.2 Å². The lowest BCUT2D eigenvalue weighted by Crippen LogP contribution is -2.51. The summed E-state index contributed by atoms with van der Waals surface area (Å²) in [7, 11) is 0. The van der Waals surface area contributed by atoms with Gasteiger partial charge in [-0.3, -0.25) is 9.69 Å². The Balaban J connectivity index is 1.69. The Kier molecular flexibility index (Phi) is 5.15. The normalized spacial score (nSPS) is 28.3. The van der Waals surface area contributed by atoms with Crippen molar-refractivity contribution in [3.63, 3.8) is 0 Å². The predicted octanol–water partition coefficient (Wildman–Crippen LogP) is 2.68. The molecule has 2 saturated heterocycles. The first-order valence-corrected chi connectivity index (χ1v) is 8.58. The van der Waals surface area contributed by atoms with E-state index in [1.165, 1.54) is 6.07 Å². The van der Waals surface area contributed by atoms with Gasteiger partial charge in [0.1, 0.15) is 11.6 Å². The second kappa shape index (κ2) is 7.15. The maximum absolute atomic E-state index is 13.9. The van der Waals surface area contributed by atoms with Crippen LogP contribution in [-0.2, 0) is 4.74 Å². The van der Waals surface area contributed by atoms with Crippen LogP contribution in [0.2, 0.25) is 0 Å². The molecule has 2 fully saturated rings. The smallest absolute Gasteiger partial charge is 0.257 e. The lowest BCUT2D eigenvalue weighted by molar-refractivity contribution is -0.0715. The topological polar surface area (TPSA) is 32.8 Å². The maximum Gasteiger partial charge on any atom is 0.257 e. The molecule has 6 heteroatoms. The minimum Gasteiger partial charge on any atom is -0.373 e. The van der Waals surface area contributed by atoms with E-state index in [4.69, 9.17) is 4.74 Å². The molecule has 0 saturated carbocycles. The molecule has 0 bridgehead atoms. The van der Waals surface area contributed by atoms with E-state index >= 15 is 0 Å². The van der Waals surface area contributed by atoms with E-state index in [1.807, 2.05) is 13.8 Å². The van der Waals surface area contributed by atoms with Crippen molar-refractivity contribution in [1.29, 1.82) is 0 Å². The highest BCUT2D eigenvalue weighted by Crippen LogP contribution is 2.23. The zero-order chi connectivity index (χ0) is 17.3. The number of benzene rings is 1. The van der Waals surface area contributed by atoms with Crippen molar-refractivity contribution >= 4 is 5.91 Å². The molecule has 2 aliphatic rings. The number of hydrogen-bond acceptors (Lipinski definition) is 3. The summed E-state index contributed by atoms with van der Waals surface area (Å²) in [6, 6.07) is 3.21. The molecular weight excluding hydrogens is 314 g/mol. The third-order valence-corrected chi connectivity index (χ3v) is 4.76. The number of rotatable bonds is 3. The number of carbonyl (C=O) groups excluding carboxylic acids is 1. The van der Waals surface area contributed by atoms with E-state index in [9.17, 15) is 13.6 Å².